The van der Waals surface area contributed by atoms with Crippen molar-refractivity contribution in [3.8, 4) is 0 Å². The molecule has 0 unspecified atom stereocenters. The zero-order valence-corrected chi connectivity index (χ0v) is 16.9. The lowest BCUT2D eigenvalue weighted by Crippen LogP contribution is -2.43. The first kappa shape index (κ1) is 21.0. The Kier molecular flexibility index (Phi) is 6.32. The summed E-state index contributed by atoms with van der Waals surface area (Å²) in [6.07, 6.45) is 0.926. The van der Waals surface area contributed by atoms with E-state index in [2.05, 4.69) is 5.32 Å². The first-order valence-corrected chi connectivity index (χ1v) is 10.9. The molecule has 154 valence electrons. The molecule has 0 aliphatic carbocycles. The van der Waals surface area contributed by atoms with E-state index in [0.29, 0.717) is 31.6 Å². The minimum atomic E-state index is -3.54. The van der Waals surface area contributed by atoms with Gasteiger partial charge in [0.1, 0.15) is 5.82 Å². The number of carbonyl (C=O) groups is 2. The molecule has 3 rings (SSSR count). The highest BCUT2D eigenvalue weighted by Crippen LogP contribution is 2.25. The molecule has 8 heteroatoms. The van der Waals surface area contributed by atoms with Gasteiger partial charge in [-0.3, -0.25) is 9.59 Å². The van der Waals surface area contributed by atoms with E-state index in [1.54, 1.807) is 29.2 Å². The van der Waals surface area contributed by atoms with E-state index in [9.17, 15) is 22.4 Å². The molecule has 1 N–H and O–H groups in total. The summed E-state index contributed by atoms with van der Waals surface area (Å²) in [5.74, 6) is -0.698. The molecule has 0 radical (unpaired) electrons. The van der Waals surface area contributed by atoms with Gasteiger partial charge in [-0.1, -0.05) is 12.1 Å². The van der Waals surface area contributed by atoms with Gasteiger partial charge in [-0.25, -0.2) is 12.8 Å². The summed E-state index contributed by atoms with van der Waals surface area (Å²) < 4.78 is 38.5. The molecule has 1 saturated heterocycles. The zero-order valence-electron chi connectivity index (χ0n) is 16.1. The summed E-state index contributed by atoms with van der Waals surface area (Å²) in [5.41, 5.74) is 1.49. The van der Waals surface area contributed by atoms with E-state index in [-0.39, 0.29) is 23.1 Å². The predicted octanol–water partition coefficient (Wildman–Crippen LogP) is 2.79. The molecule has 29 heavy (non-hydrogen) atoms. The summed E-state index contributed by atoms with van der Waals surface area (Å²) >= 11 is 0. The van der Waals surface area contributed by atoms with Crippen molar-refractivity contribution < 1.29 is 22.4 Å². The van der Waals surface area contributed by atoms with E-state index in [4.69, 9.17) is 0 Å². The lowest BCUT2D eigenvalue weighted by atomic mass is 10.1. The largest absolute Gasteiger partial charge is 0.342 e. The Balaban J connectivity index is 1.56. The molecular weight excluding hydrogens is 395 g/mol. The SMILES string of the molecule is CC(=O)Nc1ccc(CC(=O)N2CCC(S(=O)(=O)c3ccc(F)cc3)CC2)cc1. The fourth-order valence-electron chi connectivity index (χ4n) is 3.43. The van der Waals surface area contributed by atoms with Crippen LogP contribution in [0.15, 0.2) is 53.4 Å². The second kappa shape index (κ2) is 8.73. The second-order valence-corrected chi connectivity index (χ2v) is 9.36. The van der Waals surface area contributed by atoms with Crippen LogP contribution in [-0.2, 0) is 25.8 Å². The molecule has 0 spiro atoms. The van der Waals surface area contributed by atoms with Gasteiger partial charge in [0.15, 0.2) is 9.84 Å². The fraction of sp³-hybridized carbons (Fsp3) is 0.333. The first-order chi connectivity index (χ1) is 13.8. The van der Waals surface area contributed by atoms with Crippen LogP contribution in [0.25, 0.3) is 0 Å². The minimum Gasteiger partial charge on any atom is -0.342 e. The third-order valence-corrected chi connectivity index (χ3v) is 7.28. The van der Waals surface area contributed by atoms with Crippen molar-refractivity contribution in [3.05, 3.63) is 59.9 Å². The number of rotatable bonds is 5. The Hall–Kier alpha value is -2.74. The summed E-state index contributed by atoms with van der Waals surface area (Å²) in [5, 5.41) is 2.10. The number of hydrogen-bond donors (Lipinski definition) is 1. The molecule has 0 bridgehead atoms. The summed E-state index contributed by atoms with van der Waals surface area (Å²) in [7, 11) is -3.54. The maximum atomic E-state index is 13.1. The fourth-order valence-corrected chi connectivity index (χ4v) is 5.16. The number of halogens is 1. The average molecular weight is 418 g/mol. The van der Waals surface area contributed by atoms with E-state index < -0.39 is 20.9 Å². The van der Waals surface area contributed by atoms with Crippen LogP contribution >= 0.6 is 0 Å². The van der Waals surface area contributed by atoms with Crippen LogP contribution in [0.2, 0.25) is 0 Å². The number of sulfone groups is 1. The van der Waals surface area contributed by atoms with Crippen LogP contribution in [0, 0.1) is 5.82 Å². The van der Waals surface area contributed by atoms with Gasteiger partial charge < -0.3 is 10.2 Å². The van der Waals surface area contributed by atoms with Gasteiger partial charge in [0.05, 0.1) is 16.6 Å². The van der Waals surface area contributed by atoms with E-state index in [0.717, 1.165) is 17.7 Å². The highest BCUT2D eigenvalue weighted by atomic mass is 32.2. The Bertz CT molecular complexity index is 980. The van der Waals surface area contributed by atoms with Crippen molar-refractivity contribution in [3.63, 3.8) is 0 Å². The lowest BCUT2D eigenvalue weighted by molar-refractivity contribution is -0.131. The molecule has 1 aliphatic rings. The Labute approximate surface area is 169 Å². The molecular formula is C21H23FN2O4S. The van der Waals surface area contributed by atoms with Crippen molar-refractivity contribution in [2.24, 2.45) is 0 Å². The number of nitrogens with one attached hydrogen (secondary N) is 1. The van der Waals surface area contributed by atoms with Gasteiger partial charge in [-0.2, -0.15) is 0 Å². The van der Waals surface area contributed by atoms with Gasteiger partial charge in [0.2, 0.25) is 11.8 Å². The van der Waals surface area contributed by atoms with Gasteiger partial charge in [-0.15, -0.1) is 0 Å². The highest BCUT2D eigenvalue weighted by molar-refractivity contribution is 7.92. The Morgan fingerprint density at radius 1 is 1.03 bits per heavy atom. The quantitative estimate of drug-likeness (QED) is 0.757. The number of hydrogen-bond acceptors (Lipinski definition) is 4. The van der Waals surface area contributed by atoms with Crippen LogP contribution < -0.4 is 5.32 Å². The van der Waals surface area contributed by atoms with E-state index in [1.165, 1.54) is 19.1 Å². The number of nitrogens with zero attached hydrogens (tertiary/aromatic N) is 1. The molecule has 1 fully saturated rings. The van der Waals surface area contributed by atoms with Crippen molar-refractivity contribution in [2.75, 3.05) is 18.4 Å². The van der Waals surface area contributed by atoms with Gasteiger partial charge >= 0.3 is 0 Å². The third-order valence-electron chi connectivity index (χ3n) is 5.01. The number of likely N-dealkylation sites (tertiary alicyclic amines) is 1. The molecule has 1 aliphatic heterocycles. The molecule has 2 aromatic rings. The van der Waals surface area contributed by atoms with Crippen LogP contribution in [0.4, 0.5) is 10.1 Å². The Morgan fingerprint density at radius 2 is 1.62 bits per heavy atom. The van der Waals surface area contributed by atoms with Crippen molar-refractivity contribution in [1.29, 1.82) is 0 Å². The number of carbonyl (C=O) groups excluding carboxylic acids is 2. The highest BCUT2D eigenvalue weighted by Gasteiger charge is 2.32. The van der Waals surface area contributed by atoms with E-state index in [1.807, 2.05) is 0 Å². The maximum Gasteiger partial charge on any atom is 0.226 e. The molecule has 0 aromatic heterocycles. The number of piperidine rings is 1. The van der Waals surface area contributed by atoms with Gasteiger partial charge in [0.25, 0.3) is 0 Å². The average Bonchev–Trinajstić information content (AvgIpc) is 2.69. The third kappa shape index (κ3) is 5.20. The molecule has 0 atom stereocenters. The van der Waals surface area contributed by atoms with Crippen LogP contribution in [0.5, 0.6) is 0 Å². The van der Waals surface area contributed by atoms with E-state index >= 15 is 0 Å². The second-order valence-electron chi connectivity index (χ2n) is 7.13. The zero-order chi connectivity index (χ0) is 21.0. The van der Waals surface area contributed by atoms with Crippen molar-refractivity contribution >= 4 is 27.3 Å². The number of benzene rings is 2. The number of anilines is 1. The summed E-state index contributed by atoms with van der Waals surface area (Å²) in [6.45, 7) is 2.17. The summed E-state index contributed by atoms with van der Waals surface area (Å²) in [6, 6.07) is 11.9. The first-order valence-electron chi connectivity index (χ1n) is 9.39. The summed E-state index contributed by atoms with van der Waals surface area (Å²) in [4.78, 5) is 25.4. The van der Waals surface area contributed by atoms with Gasteiger partial charge in [-0.05, 0) is 54.8 Å². The van der Waals surface area contributed by atoms with Gasteiger partial charge in [0, 0.05) is 25.7 Å². The monoisotopic (exact) mass is 418 g/mol. The Morgan fingerprint density at radius 3 is 2.17 bits per heavy atom. The molecule has 2 aromatic carbocycles. The normalized spacial score (nSPS) is 15.2. The minimum absolute atomic E-state index is 0.0603. The van der Waals surface area contributed by atoms with Crippen molar-refractivity contribution in [1.82, 2.24) is 4.90 Å². The van der Waals surface area contributed by atoms with Crippen LogP contribution in [-0.4, -0.2) is 43.5 Å². The lowest BCUT2D eigenvalue weighted by Gasteiger charge is -2.32. The van der Waals surface area contributed by atoms with Crippen LogP contribution in [0.3, 0.4) is 0 Å². The standard InChI is InChI=1S/C21H23FN2O4S/c1-15(25)23-18-6-2-16(3-7-18)14-21(26)24-12-10-20(11-13-24)29(27,28)19-8-4-17(22)5-9-19/h2-9,20H,10-14H2,1H3,(H,23,25). The number of amides is 2. The topological polar surface area (TPSA) is 83.6 Å². The molecule has 1 heterocycles. The smallest absolute Gasteiger partial charge is 0.226 e. The molecule has 0 saturated carbocycles. The maximum absolute atomic E-state index is 13.1. The van der Waals surface area contributed by atoms with Crippen molar-refractivity contribution in [2.45, 2.75) is 36.3 Å². The molecule has 6 nitrogen and oxygen atoms in total. The molecule has 2 amide bonds. The van der Waals surface area contributed by atoms with Crippen LogP contribution in [0.1, 0.15) is 25.3 Å². The predicted molar refractivity (Wildman–Crippen MR) is 108 cm³/mol.